The van der Waals surface area contributed by atoms with E-state index in [1.165, 1.54) is 0 Å². The Labute approximate surface area is 115 Å². The van der Waals surface area contributed by atoms with Crippen LogP contribution in [0.1, 0.15) is 55.4 Å². The maximum Gasteiger partial charge on any atom is 0.262 e. The van der Waals surface area contributed by atoms with Gasteiger partial charge in [0.15, 0.2) is 6.10 Å². The molecular formula is C13H26O6. The number of hydrogen-bond acceptors (Lipinski definition) is 6. The molecule has 0 aromatic heterocycles. The number of rotatable bonds is 4. The van der Waals surface area contributed by atoms with Crippen molar-refractivity contribution in [2.45, 2.75) is 84.6 Å². The Bertz CT molecular complexity index is 292. The van der Waals surface area contributed by atoms with Gasteiger partial charge < -0.3 is 0 Å². The zero-order valence-electron chi connectivity index (χ0n) is 13.1. The Hall–Kier alpha value is -0.240. The summed E-state index contributed by atoms with van der Waals surface area (Å²) in [6.07, 6.45) is -0.898. The highest BCUT2D eigenvalue weighted by molar-refractivity contribution is 4.82. The number of hydrogen-bond donors (Lipinski definition) is 0. The highest BCUT2D eigenvalue weighted by atomic mass is 17.3. The van der Waals surface area contributed by atoms with Gasteiger partial charge in [-0.15, -0.1) is 0 Å². The molecule has 0 N–H and O–H groups in total. The molecule has 1 rings (SSSR count). The van der Waals surface area contributed by atoms with Gasteiger partial charge in [-0.2, -0.15) is 9.78 Å². The Morgan fingerprint density at radius 3 is 1.95 bits per heavy atom. The van der Waals surface area contributed by atoms with Gasteiger partial charge in [0, 0.05) is 0 Å². The fraction of sp³-hybridized carbons (Fsp3) is 1.00. The van der Waals surface area contributed by atoms with E-state index in [1.807, 2.05) is 48.5 Å². The van der Waals surface area contributed by atoms with Crippen LogP contribution in [-0.4, -0.2) is 29.2 Å². The maximum absolute atomic E-state index is 5.41. The van der Waals surface area contributed by atoms with E-state index in [4.69, 9.17) is 29.3 Å². The molecule has 1 aliphatic rings. The Morgan fingerprint density at radius 1 is 0.947 bits per heavy atom. The van der Waals surface area contributed by atoms with Gasteiger partial charge in [-0.1, -0.05) is 0 Å². The van der Waals surface area contributed by atoms with Gasteiger partial charge in [0.1, 0.15) is 6.10 Å². The lowest BCUT2D eigenvalue weighted by Crippen LogP contribution is -2.46. The third kappa shape index (κ3) is 5.33. The molecular weight excluding hydrogens is 252 g/mol. The van der Waals surface area contributed by atoms with Gasteiger partial charge in [-0.25, -0.2) is 19.6 Å². The monoisotopic (exact) mass is 278 g/mol. The highest BCUT2D eigenvalue weighted by Gasteiger charge is 2.53. The lowest BCUT2D eigenvalue weighted by atomic mass is 10.1. The van der Waals surface area contributed by atoms with E-state index in [0.717, 1.165) is 0 Å². The van der Waals surface area contributed by atoms with Crippen molar-refractivity contribution in [3.8, 4) is 0 Å². The molecule has 0 aromatic rings. The van der Waals surface area contributed by atoms with Gasteiger partial charge >= 0.3 is 0 Å². The predicted molar refractivity (Wildman–Crippen MR) is 67.7 cm³/mol. The highest BCUT2D eigenvalue weighted by Crippen LogP contribution is 2.34. The summed E-state index contributed by atoms with van der Waals surface area (Å²) in [6.45, 7) is 14.8. The van der Waals surface area contributed by atoms with Crippen LogP contribution in [0.4, 0.5) is 0 Å². The first kappa shape index (κ1) is 16.8. The minimum absolute atomic E-state index is 0.337. The molecule has 6 nitrogen and oxygen atoms in total. The minimum Gasteiger partial charge on any atom is -0.230 e. The summed E-state index contributed by atoms with van der Waals surface area (Å²) in [7, 11) is 0. The second kappa shape index (κ2) is 5.63. The zero-order chi connectivity index (χ0) is 14.9. The fourth-order valence-electron chi connectivity index (χ4n) is 1.33. The predicted octanol–water partition coefficient (Wildman–Crippen LogP) is 2.91. The molecule has 0 aromatic carbocycles. The van der Waals surface area contributed by atoms with Crippen molar-refractivity contribution in [3.05, 3.63) is 0 Å². The maximum atomic E-state index is 5.41. The standard InChI is InChI=1S/C13H26O6/c1-9-10(15-16-11(2,3)4)13(8,18-14-9)19-17-12(5,6)7/h9-10H,1-8H3. The summed E-state index contributed by atoms with van der Waals surface area (Å²) in [5.41, 5.74) is -0.901. The lowest BCUT2D eigenvalue weighted by molar-refractivity contribution is -0.515. The molecule has 19 heavy (non-hydrogen) atoms. The smallest absolute Gasteiger partial charge is 0.230 e. The van der Waals surface area contributed by atoms with E-state index in [-0.39, 0.29) is 6.10 Å². The summed E-state index contributed by atoms with van der Waals surface area (Å²) in [5, 5.41) is 0. The first-order chi connectivity index (χ1) is 8.43. The molecule has 1 aliphatic heterocycles. The van der Waals surface area contributed by atoms with Crippen LogP contribution >= 0.6 is 0 Å². The van der Waals surface area contributed by atoms with E-state index in [0.29, 0.717) is 0 Å². The first-order valence-electron chi connectivity index (χ1n) is 6.49. The van der Waals surface area contributed by atoms with Gasteiger partial charge in [0.25, 0.3) is 5.79 Å². The average molecular weight is 278 g/mol. The summed E-state index contributed by atoms with van der Waals surface area (Å²) >= 11 is 0. The third-order valence-corrected chi connectivity index (χ3v) is 2.17. The molecule has 0 radical (unpaired) electrons. The van der Waals surface area contributed by atoms with E-state index in [1.54, 1.807) is 6.92 Å². The quantitative estimate of drug-likeness (QED) is 0.582. The van der Waals surface area contributed by atoms with Gasteiger partial charge in [0.05, 0.1) is 11.2 Å². The van der Waals surface area contributed by atoms with Crippen molar-refractivity contribution in [2.24, 2.45) is 0 Å². The normalized spacial score (nSPS) is 32.8. The average Bonchev–Trinajstić information content (AvgIpc) is 2.48. The van der Waals surface area contributed by atoms with Crippen molar-refractivity contribution < 1.29 is 29.3 Å². The topological polar surface area (TPSA) is 55.4 Å². The Kier molecular flexibility index (Phi) is 4.98. The molecule has 0 spiro atoms. The van der Waals surface area contributed by atoms with Gasteiger partial charge in [-0.05, 0) is 55.4 Å². The summed E-state index contributed by atoms with van der Waals surface area (Å²) in [6, 6.07) is 0. The fourth-order valence-corrected chi connectivity index (χ4v) is 1.33. The van der Waals surface area contributed by atoms with E-state index < -0.39 is 23.1 Å². The lowest BCUT2D eigenvalue weighted by Gasteiger charge is -2.31. The zero-order valence-corrected chi connectivity index (χ0v) is 13.1. The van der Waals surface area contributed by atoms with Crippen LogP contribution in [0.5, 0.6) is 0 Å². The van der Waals surface area contributed by atoms with E-state index in [2.05, 4.69) is 0 Å². The Balaban J connectivity index is 2.64. The van der Waals surface area contributed by atoms with Crippen molar-refractivity contribution in [1.29, 1.82) is 0 Å². The third-order valence-electron chi connectivity index (χ3n) is 2.17. The van der Waals surface area contributed by atoms with Crippen LogP contribution in [0, 0.1) is 0 Å². The minimum atomic E-state index is -1.18. The molecule has 0 saturated carbocycles. The molecule has 0 amide bonds. The first-order valence-corrected chi connectivity index (χ1v) is 6.49. The van der Waals surface area contributed by atoms with E-state index >= 15 is 0 Å². The summed E-state index contributed by atoms with van der Waals surface area (Å²) in [5.74, 6) is -1.18. The molecule has 114 valence electrons. The molecule has 0 bridgehead atoms. The van der Waals surface area contributed by atoms with Crippen LogP contribution in [0.3, 0.4) is 0 Å². The van der Waals surface area contributed by atoms with E-state index in [9.17, 15) is 0 Å². The molecule has 0 aliphatic carbocycles. The summed E-state index contributed by atoms with van der Waals surface area (Å²) < 4.78 is 0. The van der Waals surface area contributed by atoms with Gasteiger partial charge in [0.2, 0.25) is 0 Å². The van der Waals surface area contributed by atoms with Crippen molar-refractivity contribution in [2.75, 3.05) is 0 Å². The van der Waals surface area contributed by atoms with Crippen molar-refractivity contribution in [3.63, 3.8) is 0 Å². The van der Waals surface area contributed by atoms with Crippen LogP contribution in [0.2, 0.25) is 0 Å². The second-order valence-corrected chi connectivity index (χ2v) is 6.89. The van der Waals surface area contributed by atoms with Crippen molar-refractivity contribution >= 4 is 0 Å². The van der Waals surface area contributed by atoms with Crippen molar-refractivity contribution in [1.82, 2.24) is 0 Å². The molecule has 1 heterocycles. The van der Waals surface area contributed by atoms with Crippen LogP contribution in [0.15, 0.2) is 0 Å². The van der Waals surface area contributed by atoms with Gasteiger partial charge in [-0.3, -0.25) is 0 Å². The molecule has 3 atom stereocenters. The molecule has 3 unspecified atom stereocenters. The SMILES string of the molecule is CC1OOC(C)(OOC(C)(C)C)C1OOC(C)(C)C. The Morgan fingerprint density at radius 2 is 1.47 bits per heavy atom. The second-order valence-electron chi connectivity index (χ2n) is 6.89. The molecule has 1 saturated heterocycles. The summed E-state index contributed by atoms with van der Waals surface area (Å²) in [4.78, 5) is 31.6. The molecule has 1 fully saturated rings. The van der Waals surface area contributed by atoms with Crippen LogP contribution in [0.25, 0.3) is 0 Å². The van der Waals surface area contributed by atoms with Crippen LogP contribution < -0.4 is 0 Å². The largest absolute Gasteiger partial charge is 0.262 e. The van der Waals surface area contributed by atoms with Crippen LogP contribution in [-0.2, 0) is 29.3 Å². The molecule has 6 heteroatoms.